The van der Waals surface area contributed by atoms with Gasteiger partial charge in [-0.2, -0.15) is 5.10 Å². The van der Waals surface area contributed by atoms with Crippen LogP contribution in [0.2, 0.25) is 0 Å². The molecule has 0 aliphatic rings. The lowest BCUT2D eigenvalue weighted by Crippen LogP contribution is -1.99. The van der Waals surface area contributed by atoms with Gasteiger partial charge >= 0.3 is 0 Å². The normalized spacial score (nSPS) is 11.1. The Balaban J connectivity index is 1.86. The van der Waals surface area contributed by atoms with E-state index in [4.69, 9.17) is 4.42 Å². The first-order valence-corrected chi connectivity index (χ1v) is 6.69. The smallest absolute Gasteiger partial charge is 0.157 e. The molecule has 5 nitrogen and oxygen atoms in total. The second-order valence-electron chi connectivity index (χ2n) is 4.35. The predicted molar refractivity (Wildman–Crippen MR) is 77.0 cm³/mol. The molecule has 0 saturated heterocycles. The van der Waals surface area contributed by atoms with E-state index in [-0.39, 0.29) is 0 Å². The van der Waals surface area contributed by atoms with E-state index in [1.54, 1.807) is 17.1 Å². The number of nitrogens with zero attached hydrogens (tertiary/aromatic N) is 3. The van der Waals surface area contributed by atoms with E-state index in [0.29, 0.717) is 6.54 Å². The lowest BCUT2D eigenvalue weighted by Gasteiger charge is -2.04. The highest BCUT2D eigenvalue weighted by Gasteiger charge is 2.08. The van der Waals surface area contributed by atoms with Crippen LogP contribution in [0.1, 0.15) is 11.5 Å². The molecule has 0 aliphatic heterocycles. The van der Waals surface area contributed by atoms with Crippen molar-refractivity contribution in [2.75, 3.05) is 5.32 Å². The van der Waals surface area contributed by atoms with Crippen molar-refractivity contribution >= 4 is 32.7 Å². The van der Waals surface area contributed by atoms with Crippen LogP contribution in [0, 0.1) is 6.92 Å². The zero-order valence-electron chi connectivity index (χ0n) is 10.6. The maximum Gasteiger partial charge on any atom is 0.157 e. The fourth-order valence-corrected chi connectivity index (χ4v) is 2.38. The number of halogens is 1. The number of rotatable bonds is 3. The predicted octanol–water partition coefficient (Wildman–Crippen LogP) is 3.24. The summed E-state index contributed by atoms with van der Waals surface area (Å²) in [5, 5.41) is 8.71. The number of aryl methyl sites for hydroxylation is 2. The number of pyridine rings is 1. The highest BCUT2D eigenvalue weighted by molar-refractivity contribution is 9.10. The molecular formula is C13H13BrN4O. The second kappa shape index (κ2) is 4.70. The van der Waals surface area contributed by atoms with Gasteiger partial charge in [-0.3, -0.25) is 4.68 Å². The molecule has 0 aliphatic carbocycles. The molecule has 0 radical (unpaired) electrons. The van der Waals surface area contributed by atoms with Crippen LogP contribution in [-0.4, -0.2) is 14.8 Å². The Labute approximate surface area is 118 Å². The highest BCUT2D eigenvalue weighted by atomic mass is 79.9. The van der Waals surface area contributed by atoms with Gasteiger partial charge in [0.25, 0.3) is 0 Å². The maximum absolute atomic E-state index is 5.36. The van der Waals surface area contributed by atoms with Gasteiger partial charge in [0.2, 0.25) is 0 Å². The minimum atomic E-state index is 0.611. The van der Waals surface area contributed by atoms with Gasteiger partial charge in [0, 0.05) is 12.4 Å². The molecule has 1 N–H and O–H groups in total. The summed E-state index contributed by atoms with van der Waals surface area (Å²) < 4.78 is 8.11. The minimum Gasteiger partial charge on any atom is -0.466 e. The van der Waals surface area contributed by atoms with Gasteiger partial charge in [0.1, 0.15) is 5.76 Å². The number of fused-ring (bicyclic) bond motifs is 1. The fraction of sp³-hybridized carbons (Fsp3) is 0.231. The van der Waals surface area contributed by atoms with E-state index in [1.807, 2.05) is 20.0 Å². The van der Waals surface area contributed by atoms with Gasteiger partial charge in [-0.05, 0) is 35.0 Å². The third kappa shape index (κ3) is 2.23. The molecule has 98 valence electrons. The highest BCUT2D eigenvalue weighted by Crippen LogP contribution is 2.22. The molecule has 3 aromatic heterocycles. The van der Waals surface area contributed by atoms with Crippen LogP contribution < -0.4 is 5.32 Å². The second-order valence-corrected chi connectivity index (χ2v) is 5.20. The van der Waals surface area contributed by atoms with Crippen LogP contribution in [-0.2, 0) is 13.6 Å². The molecule has 0 aromatic carbocycles. The van der Waals surface area contributed by atoms with E-state index >= 15 is 0 Å². The van der Waals surface area contributed by atoms with Crippen molar-refractivity contribution in [2.45, 2.75) is 13.5 Å². The third-order valence-electron chi connectivity index (χ3n) is 3.01. The molecule has 0 atom stereocenters. The molecule has 3 heterocycles. The van der Waals surface area contributed by atoms with Crippen LogP contribution in [0.4, 0.5) is 5.69 Å². The van der Waals surface area contributed by atoms with Crippen molar-refractivity contribution < 1.29 is 4.42 Å². The van der Waals surface area contributed by atoms with Crippen molar-refractivity contribution in [1.29, 1.82) is 0 Å². The van der Waals surface area contributed by atoms with Crippen LogP contribution in [0.3, 0.4) is 0 Å². The fourth-order valence-electron chi connectivity index (χ4n) is 2.04. The summed E-state index contributed by atoms with van der Waals surface area (Å²) in [6.07, 6.45) is 3.47. The number of nitrogens with one attached hydrogen (secondary N) is 1. The number of furan rings is 1. The molecule has 6 heteroatoms. The van der Waals surface area contributed by atoms with E-state index in [1.165, 1.54) is 0 Å². The first kappa shape index (κ1) is 12.2. The molecule has 0 spiro atoms. The van der Waals surface area contributed by atoms with Gasteiger partial charge in [-0.1, -0.05) is 0 Å². The monoisotopic (exact) mass is 320 g/mol. The molecule has 0 unspecified atom stereocenters. The van der Waals surface area contributed by atoms with Gasteiger partial charge in [-0.15, -0.1) is 0 Å². The van der Waals surface area contributed by atoms with Gasteiger partial charge in [0.05, 0.1) is 34.9 Å². The van der Waals surface area contributed by atoms with Gasteiger partial charge < -0.3 is 9.73 Å². The zero-order valence-corrected chi connectivity index (χ0v) is 12.2. The van der Waals surface area contributed by atoms with Crippen LogP contribution >= 0.6 is 15.9 Å². The number of anilines is 1. The Morgan fingerprint density at radius 2 is 2.32 bits per heavy atom. The Bertz CT molecular complexity index is 731. The SMILES string of the molecule is Cc1nn(C)c2ncc(NCc3occc3Br)cc12. The molecule has 3 aromatic rings. The van der Waals surface area contributed by atoms with Crippen LogP contribution in [0.5, 0.6) is 0 Å². The molecule has 0 fully saturated rings. The van der Waals surface area contributed by atoms with Crippen molar-refractivity contribution in [2.24, 2.45) is 7.05 Å². The molecular weight excluding hydrogens is 308 g/mol. The first-order chi connectivity index (χ1) is 9.15. The Morgan fingerprint density at radius 3 is 3.05 bits per heavy atom. The van der Waals surface area contributed by atoms with Crippen molar-refractivity contribution in [3.63, 3.8) is 0 Å². The summed E-state index contributed by atoms with van der Waals surface area (Å²) in [7, 11) is 1.90. The lowest BCUT2D eigenvalue weighted by atomic mass is 10.2. The van der Waals surface area contributed by atoms with Crippen LogP contribution in [0.25, 0.3) is 11.0 Å². The lowest BCUT2D eigenvalue weighted by molar-refractivity contribution is 0.516. The van der Waals surface area contributed by atoms with Gasteiger partial charge in [-0.25, -0.2) is 4.98 Å². The molecule has 3 rings (SSSR count). The summed E-state index contributed by atoms with van der Waals surface area (Å²) in [5.41, 5.74) is 2.82. The van der Waals surface area contributed by atoms with E-state index in [2.05, 4.69) is 37.4 Å². The van der Waals surface area contributed by atoms with Gasteiger partial charge in [0.15, 0.2) is 5.65 Å². The summed E-state index contributed by atoms with van der Waals surface area (Å²) >= 11 is 3.43. The average Bonchev–Trinajstić information content (AvgIpc) is 2.92. The topological polar surface area (TPSA) is 55.9 Å². The summed E-state index contributed by atoms with van der Waals surface area (Å²) in [6, 6.07) is 3.94. The standard InChI is InChI=1S/C13H13BrN4O/c1-8-10-5-9(6-16-13(10)18(2)17-8)15-7-12-11(14)3-4-19-12/h3-6,15H,7H2,1-2H3. The Morgan fingerprint density at radius 1 is 1.47 bits per heavy atom. The van der Waals surface area contributed by atoms with Crippen LogP contribution in [0.15, 0.2) is 33.5 Å². The molecule has 0 bridgehead atoms. The largest absolute Gasteiger partial charge is 0.466 e. The van der Waals surface area contributed by atoms with Crippen molar-refractivity contribution in [3.05, 3.63) is 40.5 Å². The van der Waals surface area contributed by atoms with E-state index < -0.39 is 0 Å². The Kier molecular flexibility index (Phi) is 3.02. The molecule has 19 heavy (non-hydrogen) atoms. The summed E-state index contributed by atoms with van der Waals surface area (Å²) in [5.74, 6) is 0.864. The molecule has 0 saturated carbocycles. The average molecular weight is 321 g/mol. The zero-order chi connectivity index (χ0) is 13.4. The maximum atomic E-state index is 5.36. The van der Waals surface area contributed by atoms with E-state index in [9.17, 15) is 0 Å². The van der Waals surface area contributed by atoms with E-state index in [0.717, 1.165) is 32.6 Å². The van der Waals surface area contributed by atoms with Crippen molar-refractivity contribution in [3.8, 4) is 0 Å². The first-order valence-electron chi connectivity index (χ1n) is 5.90. The quantitative estimate of drug-likeness (QED) is 0.804. The Hall–Kier alpha value is -1.82. The molecule has 0 amide bonds. The van der Waals surface area contributed by atoms with Crippen molar-refractivity contribution in [1.82, 2.24) is 14.8 Å². The number of hydrogen-bond acceptors (Lipinski definition) is 4. The number of hydrogen-bond donors (Lipinski definition) is 1. The summed E-state index contributed by atoms with van der Waals surface area (Å²) in [6.45, 7) is 2.59. The number of aromatic nitrogens is 3. The third-order valence-corrected chi connectivity index (χ3v) is 3.71. The summed E-state index contributed by atoms with van der Waals surface area (Å²) in [4.78, 5) is 4.42. The minimum absolute atomic E-state index is 0.611.